The standard InChI is InChI=1S/C23H16Cl2INO3/c1-29-21-10-13(8-17-16-4-2-3-5-20(16)27-23(17)28)9-19(26)22(21)30-12-14-6-7-15(24)11-18(14)25/h2-11H,12H2,1H3,(H,27,28)/b17-8-. The fraction of sp³-hybridized carbons (Fsp3) is 0.0870. The lowest BCUT2D eigenvalue weighted by Gasteiger charge is -2.14. The molecule has 152 valence electrons. The second-order valence-corrected chi connectivity index (χ2v) is 8.62. The van der Waals surface area contributed by atoms with Crippen LogP contribution < -0.4 is 14.8 Å². The number of halogens is 3. The second-order valence-electron chi connectivity index (χ2n) is 6.62. The van der Waals surface area contributed by atoms with Crippen LogP contribution in [0.1, 0.15) is 16.7 Å². The van der Waals surface area contributed by atoms with Crippen molar-refractivity contribution < 1.29 is 14.3 Å². The topological polar surface area (TPSA) is 47.6 Å². The van der Waals surface area contributed by atoms with Crippen molar-refractivity contribution in [3.8, 4) is 11.5 Å². The van der Waals surface area contributed by atoms with Gasteiger partial charge in [0.05, 0.1) is 10.7 Å². The predicted molar refractivity (Wildman–Crippen MR) is 129 cm³/mol. The number of methoxy groups -OCH3 is 1. The Hall–Kier alpha value is -2.22. The summed E-state index contributed by atoms with van der Waals surface area (Å²) in [6.45, 7) is 0.276. The van der Waals surface area contributed by atoms with Crippen LogP contribution in [0.25, 0.3) is 11.6 Å². The van der Waals surface area contributed by atoms with Crippen LogP contribution in [0.4, 0.5) is 5.69 Å². The first-order valence-corrected chi connectivity index (χ1v) is 10.9. The van der Waals surface area contributed by atoms with Gasteiger partial charge in [-0.15, -0.1) is 0 Å². The van der Waals surface area contributed by atoms with E-state index in [9.17, 15) is 4.79 Å². The molecule has 1 aliphatic heterocycles. The van der Waals surface area contributed by atoms with Gasteiger partial charge in [-0.1, -0.05) is 47.5 Å². The lowest BCUT2D eigenvalue weighted by Crippen LogP contribution is -2.04. The first kappa shape index (κ1) is 21.0. The molecule has 0 radical (unpaired) electrons. The van der Waals surface area contributed by atoms with Crippen LogP contribution in [0.15, 0.2) is 54.6 Å². The van der Waals surface area contributed by atoms with E-state index in [1.807, 2.05) is 48.5 Å². The van der Waals surface area contributed by atoms with Gasteiger partial charge in [-0.2, -0.15) is 0 Å². The maximum Gasteiger partial charge on any atom is 0.256 e. The largest absolute Gasteiger partial charge is 0.493 e. The van der Waals surface area contributed by atoms with Gasteiger partial charge < -0.3 is 14.8 Å². The summed E-state index contributed by atoms with van der Waals surface area (Å²) in [5.41, 5.74) is 3.98. The van der Waals surface area contributed by atoms with E-state index in [1.54, 1.807) is 19.2 Å². The number of carbonyl (C=O) groups is 1. The average Bonchev–Trinajstić information content (AvgIpc) is 3.03. The molecule has 0 spiro atoms. The zero-order valence-corrected chi connectivity index (χ0v) is 19.5. The van der Waals surface area contributed by atoms with Crippen molar-refractivity contribution in [2.45, 2.75) is 6.61 Å². The van der Waals surface area contributed by atoms with E-state index in [0.717, 1.165) is 25.9 Å². The van der Waals surface area contributed by atoms with Crippen LogP contribution >= 0.6 is 45.8 Å². The van der Waals surface area contributed by atoms with E-state index in [-0.39, 0.29) is 12.5 Å². The Balaban J connectivity index is 1.64. The summed E-state index contributed by atoms with van der Waals surface area (Å²) in [7, 11) is 1.59. The molecule has 0 aromatic heterocycles. The van der Waals surface area contributed by atoms with Crippen molar-refractivity contribution in [2.75, 3.05) is 12.4 Å². The Morgan fingerprint density at radius 3 is 2.67 bits per heavy atom. The molecule has 1 heterocycles. The summed E-state index contributed by atoms with van der Waals surface area (Å²) in [5.74, 6) is 1.07. The molecule has 1 aliphatic rings. The van der Waals surface area contributed by atoms with Crippen molar-refractivity contribution in [3.05, 3.63) is 84.9 Å². The van der Waals surface area contributed by atoms with Gasteiger partial charge >= 0.3 is 0 Å². The maximum atomic E-state index is 12.4. The molecule has 30 heavy (non-hydrogen) atoms. The summed E-state index contributed by atoms with van der Waals surface area (Å²) in [4.78, 5) is 12.4. The number of benzene rings is 3. The van der Waals surface area contributed by atoms with E-state index < -0.39 is 0 Å². The molecule has 0 saturated carbocycles. The van der Waals surface area contributed by atoms with Gasteiger partial charge in [0.25, 0.3) is 5.91 Å². The lowest BCUT2D eigenvalue weighted by atomic mass is 10.0. The molecule has 0 bridgehead atoms. The number of nitrogens with one attached hydrogen (secondary N) is 1. The van der Waals surface area contributed by atoms with Gasteiger partial charge in [0.15, 0.2) is 11.5 Å². The number of rotatable bonds is 5. The smallest absolute Gasteiger partial charge is 0.256 e. The predicted octanol–water partition coefficient (Wildman–Crippen LogP) is 6.68. The van der Waals surface area contributed by atoms with Crippen LogP contribution in [0.2, 0.25) is 10.0 Å². The quantitative estimate of drug-likeness (QED) is 0.284. The van der Waals surface area contributed by atoms with Gasteiger partial charge in [-0.3, -0.25) is 4.79 Å². The maximum absolute atomic E-state index is 12.4. The molecule has 4 rings (SSSR count). The van der Waals surface area contributed by atoms with Gasteiger partial charge in [-0.25, -0.2) is 0 Å². The summed E-state index contributed by atoms with van der Waals surface area (Å²) in [6, 6.07) is 16.7. The molecule has 7 heteroatoms. The minimum atomic E-state index is -0.122. The number of amides is 1. The van der Waals surface area contributed by atoms with E-state index in [2.05, 4.69) is 27.9 Å². The number of anilines is 1. The number of para-hydroxylation sites is 1. The molecule has 3 aromatic rings. The summed E-state index contributed by atoms with van der Waals surface area (Å²) >= 11 is 14.4. The van der Waals surface area contributed by atoms with E-state index in [4.69, 9.17) is 32.7 Å². The SMILES string of the molecule is COc1cc(/C=C2\C(=O)Nc3ccccc32)cc(I)c1OCc1ccc(Cl)cc1Cl. The molecular weight excluding hydrogens is 536 g/mol. The van der Waals surface area contributed by atoms with Crippen LogP contribution in [0.5, 0.6) is 11.5 Å². The normalized spacial score (nSPS) is 13.9. The minimum absolute atomic E-state index is 0.122. The summed E-state index contributed by atoms with van der Waals surface area (Å²) < 4.78 is 12.4. The highest BCUT2D eigenvalue weighted by molar-refractivity contribution is 14.1. The molecule has 1 amide bonds. The molecule has 4 nitrogen and oxygen atoms in total. The molecular formula is C23H16Cl2INO3. The fourth-order valence-corrected chi connectivity index (χ4v) is 4.44. The Labute approximate surface area is 197 Å². The van der Waals surface area contributed by atoms with Crippen LogP contribution in [-0.4, -0.2) is 13.0 Å². The van der Waals surface area contributed by atoms with Gasteiger partial charge in [-0.05, 0) is 64.6 Å². The zero-order chi connectivity index (χ0) is 21.3. The van der Waals surface area contributed by atoms with Crippen molar-refractivity contribution >= 4 is 69.0 Å². The number of fused-ring (bicyclic) bond motifs is 1. The van der Waals surface area contributed by atoms with Gasteiger partial charge in [0.1, 0.15) is 6.61 Å². The number of ether oxygens (including phenoxy) is 2. The third kappa shape index (κ3) is 4.29. The average molecular weight is 552 g/mol. The minimum Gasteiger partial charge on any atom is -0.493 e. The molecule has 0 fully saturated rings. The number of hydrogen-bond acceptors (Lipinski definition) is 3. The number of carbonyl (C=O) groups excluding carboxylic acids is 1. The highest BCUT2D eigenvalue weighted by Crippen LogP contribution is 2.38. The molecule has 0 atom stereocenters. The molecule has 0 saturated heterocycles. The van der Waals surface area contributed by atoms with E-state index >= 15 is 0 Å². The van der Waals surface area contributed by atoms with Gasteiger partial charge in [0.2, 0.25) is 0 Å². The summed E-state index contributed by atoms with van der Waals surface area (Å²) in [5, 5.41) is 4.00. The van der Waals surface area contributed by atoms with E-state index in [1.165, 1.54) is 0 Å². The lowest BCUT2D eigenvalue weighted by molar-refractivity contribution is -0.110. The van der Waals surface area contributed by atoms with Crippen molar-refractivity contribution in [1.82, 2.24) is 0 Å². The number of hydrogen-bond donors (Lipinski definition) is 1. The van der Waals surface area contributed by atoms with Crippen molar-refractivity contribution in [2.24, 2.45) is 0 Å². The molecule has 0 unspecified atom stereocenters. The highest BCUT2D eigenvalue weighted by atomic mass is 127. The first-order chi connectivity index (χ1) is 14.5. The third-order valence-corrected chi connectivity index (χ3v) is 6.05. The first-order valence-electron chi connectivity index (χ1n) is 9.03. The zero-order valence-electron chi connectivity index (χ0n) is 15.8. The highest BCUT2D eigenvalue weighted by Gasteiger charge is 2.23. The summed E-state index contributed by atoms with van der Waals surface area (Å²) in [6.07, 6.45) is 1.85. The monoisotopic (exact) mass is 551 g/mol. The Morgan fingerprint density at radius 1 is 1.10 bits per heavy atom. The third-order valence-electron chi connectivity index (χ3n) is 4.66. The van der Waals surface area contributed by atoms with Crippen LogP contribution in [0.3, 0.4) is 0 Å². The molecule has 0 aliphatic carbocycles. The fourth-order valence-electron chi connectivity index (χ4n) is 3.20. The molecule has 1 N–H and O–H groups in total. The van der Waals surface area contributed by atoms with Crippen molar-refractivity contribution in [1.29, 1.82) is 0 Å². The Bertz CT molecular complexity index is 1180. The van der Waals surface area contributed by atoms with Gasteiger partial charge in [0, 0.05) is 32.4 Å². The molecule has 3 aromatic carbocycles. The van der Waals surface area contributed by atoms with Crippen LogP contribution in [0, 0.1) is 3.57 Å². The second kappa shape index (κ2) is 8.88. The van der Waals surface area contributed by atoms with Crippen molar-refractivity contribution in [3.63, 3.8) is 0 Å². The van der Waals surface area contributed by atoms with E-state index in [0.29, 0.717) is 27.1 Å². The Morgan fingerprint density at radius 2 is 1.90 bits per heavy atom. The van der Waals surface area contributed by atoms with Crippen LogP contribution in [-0.2, 0) is 11.4 Å². The Kier molecular flexibility index (Phi) is 6.22.